The van der Waals surface area contributed by atoms with E-state index in [4.69, 9.17) is 21.1 Å². The van der Waals surface area contributed by atoms with Crippen LogP contribution in [0.2, 0.25) is 5.02 Å². The van der Waals surface area contributed by atoms with E-state index in [1.165, 1.54) is 22.3 Å². The van der Waals surface area contributed by atoms with Crippen molar-refractivity contribution in [3.05, 3.63) is 99.1 Å². The molecule has 7 nitrogen and oxygen atoms in total. The third kappa shape index (κ3) is 7.90. The Morgan fingerprint density at radius 1 is 0.938 bits per heavy atom. The summed E-state index contributed by atoms with van der Waals surface area (Å²) in [4.78, 5) is 31.0. The Kier molecular flexibility index (Phi) is 10.8. The highest BCUT2D eigenvalue weighted by atomic mass is 35.5. The number of amides is 2. The van der Waals surface area contributed by atoms with Crippen LogP contribution < -0.4 is 14.8 Å². The third-order valence-electron chi connectivity index (χ3n) is 9.92. The fourth-order valence-electron chi connectivity index (χ4n) is 7.09. The summed E-state index contributed by atoms with van der Waals surface area (Å²) in [6.07, 6.45) is 5.45. The van der Waals surface area contributed by atoms with Crippen LogP contribution in [-0.4, -0.2) is 72.6 Å². The van der Waals surface area contributed by atoms with Crippen molar-refractivity contribution in [2.45, 2.75) is 84.3 Å². The summed E-state index contributed by atoms with van der Waals surface area (Å²) in [7, 11) is 0. The first-order valence-electron chi connectivity index (χ1n) is 17.5. The predicted octanol–water partition coefficient (Wildman–Crippen LogP) is 6.81. The summed E-state index contributed by atoms with van der Waals surface area (Å²) >= 11 is 6.49. The Hall–Kier alpha value is -3.81. The first kappa shape index (κ1) is 34.1. The van der Waals surface area contributed by atoms with Gasteiger partial charge in [0.05, 0.1) is 11.1 Å². The molecule has 254 valence electrons. The van der Waals surface area contributed by atoms with Crippen LogP contribution in [0.3, 0.4) is 0 Å². The van der Waals surface area contributed by atoms with Gasteiger partial charge in [0.25, 0.3) is 5.91 Å². The summed E-state index contributed by atoms with van der Waals surface area (Å²) in [5.74, 6) is 1.58. The molecule has 1 aliphatic carbocycles. The van der Waals surface area contributed by atoms with E-state index >= 15 is 0 Å². The lowest BCUT2D eigenvalue weighted by Gasteiger charge is -2.44. The molecule has 0 spiro atoms. The van der Waals surface area contributed by atoms with E-state index in [0.717, 1.165) is 54.6 Å². The number of carbonyl (C=O) groups excluding carboxylic acids is 2. The minimum Gasteiger partial charge on any atom is -0.490 e. The lowest BCUT2D eigenvalue weighted by Crippen LogP contribution is -2.62. The van der Waals surface area contributed by atoms with E-state index in [2.05, 4.69) is 67.4 Å². The predicted molar refractivity (Wildman–Crippen MR) is 192 cm³/mol. The highest BCUT2D eigenvalue weighted by molar-refractivity contribution is 6.32. The molecule has 48 heavy (non-hydrogen) atoms. The highest BCUT2D eigenvalue weighted by Gasteiger charge is 2.42. The van der Waals surface area contributed by atoms with Crippen LogP contribution in [0.1, 0.15) is 67.9 Å². The van der Waals surface area contributed by atoms with Crippen LogP contribution >= 0.6 is 11.6 Å². The normalized spacial score (nSPS) is 18.9. The molecular formula is C40H48ClN3O4. The molecule has 2 bridgehead atoms. The molecule has 2 heterocycles. The molecule has 2 amide bonds. The smallest absolute Gasteiger partial charge is 0.252 e. The summed E-state index contributed by atoms with van der Waals surface area (Å²) in [5.41, 5.74) is 7.87. The van der Waals surface area contributed by atoms with Crippen molar-refractivity contribution >= 4 is 29.0 Å². The van der Waals surface area contributed by atoms with Crippen molar-refractivity contribution in [3.63, 3.8) is 0 Å². The second-order valence-electron chi connectivity index (χ2n) is 13.4. The van der Waals surface area contributed by atoms with Gasteiger partial charge in [-0.15, -0.1) is 0 Å². The molecular weight excluding hydrogens is 622 g/mol. The number of piperazine rings is 1. The van der Waals surface area contributed by atoms with Crippen LogP contribution in [0, 0.1) is 6.92 Å². The second-order valence-corrected chi connectivity index (χ2v) is 13.8. The summed E-state index contributed by atoms with van der Waals surface area (Å²) in [5, 5.41) is 4.32. The third-order valence-corrected chi connectivity index (χ3v) is 10.2. The minimum atomic E-state index is -0.205. The van der Waals surface area contributed by atoms with Crippen molar-refractivity contribution in [3.8, 4) is 11.5 Å². The number of halogens is 1. The maximum atomic E-state index is 14.6. The molecule has 3 aliphatic rings. The van der Waals surface area contributed by atoms with Gasteiger partial charge in [0.2, 0.25) is 5.91 Å². The lowest BCUT2D eigenvalue weighted by molar-refractivity contribution is -0.132. The van der Waals surface area contributed by atoms with Gasteiger partial charge in [0.1, 0.15) is 24.7 Å². The maximum Gasteiger partial charge on any atom is 0.252 e. The van der Waals surface area contributed by atoms with Gasteiger partial charge >= 0.3 is 0 Å². The van der Waals surface area contributed by atoms with E-state index in [1.807, 2.05) is 29.2 Å². The zero-order chi connectivity index (χ0) is 33.8. The molecule has 2 fully saturated rings. The van der Waals surface area contributed by atoms with Gasteiger partial charge in [0, 0.05) is 44.2 Å². The molecule has 1 saturated heterocycles. The minimum absolute atomic E-state index is 0.0525. The number of aryl methyl sites for hydroxylation is 3. The van der Waals surface area contributed by atoms with Crippen LogP contribution in [-0.2, 0) is 28.9 Å². The average Bonchev–Trinajstić information content (AvgIpc) is 3.93. The summed E-state index contributed by atoms with van der Waals surface area (Å²) < 4.78 is 12.0. The van der Waals surface area contributed by atoms with Gasteiger partial charge in [-0.3, -0.25) is 9.59 Å². The van der Waals surface area contributed by atoms with Gasteiger partial charge in [-0.05, 0) is 97.5 Å². The maximum absolute atomic E-state index is 14.6. The molecule has 2 atom stereocenters. The zero-order valence-corrected chi connectivity index (χ0v) is 29.4. The van der Waals surface area contributed by atoms with Gasteiger partial charge in [-0.1, -0.05) is 67.4 Å². The van der Waals surface area contributed by atoms with Crippen LogP contribution in [0.4, 0.5) is 0 Å². The Morgan fingerprint density at radius 2 is 1.62 bits per heavy atom. The SMILES string of the molecule is CCc1cc(Cl)c(OCCOc2ccc(C3=C(C(=O)N(CCc4ccc(C)cc4)C4CC4)C4CN(C(C)=O)CC(C3)N4)cc2)cc1CC. The number of nitrogens with zero attached hydrogens (tertiary/aromatic N) is 2. The molecule has 0 radical (unpaired) electrons. The van der Waals surface area contributed by atoms with Crippen molar-refractivity contribution in [2.24, 2.45) is 0 Å². The molecule has 3 aromatic rings. The van der Waals surface area contributed by atoms with Gasteiger partial charge in [0.15, 0.2) is 0 Å². The lowest BCUT2D eigenvalue weighted by atomic mass is 9.82. The molecule has 8 heteroatoms. The topological polar surface area (TPSA) is 71.1 Å². The molecule has 2 unspecified atom stereocenters. The van der Waals surface area contributed by atoms with Gasteiger partial charge < -0.3 is 24.6 Å². The van der Waals surface area contributed by atoms with E-state index < -0.39 is 0 Å². The number of hydrogen-bond donors (Lipinski definition) is 1. The second kappa shape index (κ2) is 15.2. The van der Waals surface area contributed by atoms with Crippen molar-refractivity contribution in [2.75, 3.05) is 32.8 Å². The van der Waals surface area contributed by atoms with Crippen LogP contribution in [0.5, 0.6) is 11.5 Å². The van der Waals surface area contributed by atoms with Crippen LogP contribution in [0.25, 0.3) is 5.57 Å². The standard InChI is InChI=1S/C40H48ClN3O4/c1-5-29-21-36(41)38(22-30(29)6-2)48-20-19-47-34-15-11-31(12-16-34)35-23-32-24-43(27(4)45)25-37(42-32)39(35)40(46)44(33-13-14-33)18-17-28-9-7-26(3)8-10-28/h7-12,15-16,21-22,32-33,37,42H,5-6,13-14,17-20,23-25H2,1-4H3. The number of nitrogens with one attached hydrogen (secondary N) is 1. The molecule has 1 saturated carbocycles. The van der Waals surface area contributed by atoms with Crippen molar-refractivity contribution in [1.29, 1.82) is 0 Å². The fraction of sp³-hybridized carbons (Fsp3) is 0.450. The number of carbonyl (C=O) groups is 2. The number of ether oxygens (including phenoxy) is 2. The van der Waals surface area contributed by atoms with E-state index in [0.29, 0.717) is 50.0 Å². The quantitative estimate of drug-likeness (QED) is 0.203. The fourth-order valence-corrected chi connectivity index (χ4v) is 7.33. The Labute approximate surface area is 290 Å². The molecule has 3 aromatic carbocycles. The zero-order valence-electron chi connectivity index (χ0n) is 28.7. The first-order valence-corrected chi connectivity index (χ1v) is 17.9. The summed E-state index contributed by atoms with van der Waals surface area (Å²) in [6, 6.07) is 20.8. The number of benzene rings is 3. The highest BCUT2D eigenvalue weighted by Crippen LogP contribution is 2.37. The monoisotopic (exact) mass is 669 g/mol. The van der Waals surface area contributed by atoms with Crippen LogP contribution in [0.15, 0.2) is 66.2 Å². The van der Waals surface area contributed by atoms with Gasteiger partial charge in [-0.25, -0.2) is 0 Å². The molecule has 1 N–H and O–H groups in total. The Balaban J connectivity index is 1.18. The number of fused-ring (bicyclic) bond motifs is 2. The van der Waals surface area contributed by atoms with Gasteiger partial charge in [-0.2, -0.15) is 0 Å². The van der Waals surface area contributed by atoms with Crippen molar-refractivity contribution in [1.82, 2.24) is 15.1 Å². The van der Waals surface area contributed by atoms with Crippen molar-refractivity contribution < 1.29 is 19.1 Å². The molecule has 2 aliphatic heterocycles. The molecule has 6 rings (SSSR count). The number of hydrogen-bond acceptors (Lipinski definition) is 5. The largest absolute Gasteiger partial charge is 0.490 e. The van der Waals surface area contributed by atoms with E-state index in [1.54, 1.807) is 6.92 Å². The first-order chi connectivity index (χ1) is 23.2. The Morgan fingerprint density at radius 3 is 2.29 bits per heavy atom. The van der Waals surface area contributed by atoms with E-state index in [9.17, 15) is 9.59 Å². The van der Waals surface area contributed by atoms with E-state index in [-0.39, 0.29) is 29.9 Å². The average molecular weight is 670 g/mol. The summed E-state index contributed by atoms with van der Waals surface area (Å²) in [6.45, 7) is 10.6. The Bertz CT molecular complexity index is 1650. The molecule has 0 aromatic heterocycles. The number of rotatable bonds is 13.